The number of anilines is 3. The summed E-state index contributed by atoms with van der Waals surface area (Å²) in [6, 6.07) is 67.8. The fraction of sp³-hybridized carbons (Fsp3) is 0.250. The number of amides is 3. The van der Waals surface area contributed by atoms with Gasteiger partial charge in [-0.3, -0.25) is 28.8 Å². The molecule has 3 heterocycles. The molecule has 0 bridgehead atoms. The van der Waals surface area contributed by atoms with Crippen LogP contribution in [0.2, 0.25) is 0 Å². The number of carbonyl (C=O) groups is 6. The first-order valence-corrected chi connectivity index (χ1v) is 37.0. The molecule has 0 saturated carbocycles. The van der Waals surface area contributed by atoms with Gasteiger partial charge in [-0.15, -0.1) is 0 Å². The minimum Gasteiger partial charge on any atom is -0.489 e. The van der Waals surface area contributed by atoms with E-state index >= 15 is 0 Å². The topological polar surface area (TPSA) is 370 Å². The standard InChI is InChI=1S/C88H94N12O9/c89-43-13-10-40-86(92,79(101)46-64-52-95-76-37-34-70(49-73(64)76)107-55-58-16-4-1-5-17-58)83(104)98-67-28-22-61(23-29-67)82(62-24-30-68(31-25-62)99-84(105)87(93,41-11-14-44-90)80(102)47-65-53-96-77-38-35-71(50-74(65)77)108-56-59-18-6-2-7-19-59)63-26-32-69(33-27-63)100-85(106)88(94,42-12-15-45-91)81(103)48-66-54-97-78-39-36-72(51-75(66)78)109-57-60-20-8-3-9-21-60/h1-9,16-39,49-54,82,95-97H,10-15,40-48,55-57,89-94H2,(H,98,104)(H,99,105)(H,100,106)/t86-,87-,88-/m1/s1. The van der Waals surface area contributed by atoms with Gasteiger partial charge in [-0.2, -0.15) is 0 Å². The first-order valence-electron chi connectivity index (χ1n) is 37.0. The van der Waals surface area contributed by atoms with E-state index in [1.807, 2.05) is 182 Å². The molecule has 12 aromatic rings. The molecule has 0 saturated heterocycles. The lowest BCUT2D eigenvalue weighted by molar-refractivity contribution is -0.134. The average Bonchev–Trinajstić information content (AvgIpc) is 1.76. The molecule has 0 aliphatic heterocycles. The summed E-state index contributed by atoms with van der Waals surface area (Å²) in [5, 5.41) is 11.2. The van der Waals surface area contributed by atoms with Crippen LogP contribution in [0.5, 0.6) is 17.2 Å². The maximum atomic E-state index is 14.7. The van der Waals surface area contributed by atoms with Gasteiger partial charge >= 0.3 is 0 Å². The molecule has 3 atom stereocenters. The van der Waals surface area contributed by atoms with Crippen LogP contribution in [0.3, 0.4) is 0 Å². The van der Waals surface area contributed by atoms with E-state index < -0.39 is 57.6 Å². The predicted molar refractivity (Wildman–Crippen MR) is 429 cm³/mol. The molecule has 0 fully saturated rings. The number of H-pyrrole nitrogens is 3. The summed E-state index contributed by atoms with van der Waals surface area (Å²) in [6.07, 6.45) is 7.84. The monoisotopic (exact) mass is 1460 g/mol. The highest BCUT2D eigenvalue weighted by atomic mass is 16.5. The molecule has 0 spiro atoms. The van der Waals surface area contributed by atoms with Crippen molar-refractivity contribution in [1.29, 1.82) is 0 Å². The van der Waals surface area contributed by atoms with E-state index in [4.69, 9.17) is 48.6 Å². The molecule has 0 aliphatic carbocycles. The third kappa shape index (κ3) is 18.8. The zero-order valence-electron chi connectivity index (χ0n) is 61.0. The Labute approximate surface area is 633 Å². The van der Waals surface area contributed by atoms with Gasteiger partial charge in [0.2, 0.25) is 0 Å². The summed E-state index contributed by atoms with van der Waals surface area (Å²) >= 11 is 0. The van der Waals surface area contributed by atoms with Crippen LogP contribution in [0.1, 0.15) is 114 Å². The molecule has 21 nitrogen and oxygen atoms in total. The fourth-order valence-electron chi connectivity index (χ4n) is 13.8. The largest absolute Gasteiger partial charge is 0.489 e. The second-order valence-electron chi connectivity index (χ2n) is 28.0. The maximum Gasteiger partial charge on any atom is 0.252 e. The second kappa shape index (κ2) is 35.7. The number of ketones is 3. The third-order valence-corrected chi connectivity index (χ3v) is 20.3. The van der Waals surface area contributed by atoms with Gasteiger partial charge in [-0.25, -0.2) is 0 Å². The molecule has 18 N–H and O–H groups in total. The number of rotatable bonds is 39. The van der Waals surface area contributed by atoms with Crippen molar-refractivity contribution >= 4 is 84.8 Å². The average molecular weight is 1460 g/mol. The number of benzene rings is 9. The third-order valence-electron chi connectivity index (χ3n) is 20.3. The predicted octanol–water partition coefficient (Wildman–Crippen LogP) is 12.8. The molecular formula is C88H94N12O9. The van der Waals surface area contributed by atoms with Gasteiger partial charge in [0.15, 0.2) is 34.0 Å². The number of carbonyl (C=O) groups excluding carboxylic acids is 6. The van der Waals surface area contributed by atoms with Gasteiger partial charge in [-0.05, 0) is 218 Å². The van der Waals surface area contributed by atoms with Crippen molar-refractivity contribution in [2.45, 2.75) is 119 Å². The number of hydrogen-bond acceptors (Lipinski definition) is 15. The quantitative estimate of drug-likeness (QED) is 0.00967. The summed E-state index contributed by atoms with van der Waals surface area (Å²) in [5.41, 5.74) is 43.7. The number of aromatic nitrogens is 3. The molecule has 560 valence electrons. The number of fused-ring (bicyclic) bond motifs is 3. The number of aromatic amines is 3. The van der Waals surface area contributed by atoms with E-state index in [9.17, 15) is 28.8 Å². The smallest absolute Gasteiger partial charge is 0.252 e. The number of Topliss-reactive ketones (excluding diaryl/α,β-unsaturated/α-hetero) is 3. The lowest BCUT2D eigenvalue weighted by Crippen LogP contribution is -2.58. The van der Waals surface area contributed by atoms with Crippen molar-refractivity contribution < 1.29 is 43.0 Å². The molecule has 9 aromatic carbocycles. The van der Waals surface area contributed by atoms with E-state index in [2.05, 4.69) is 30.9 Å². The Hall–Kier alpha value is -11.8. The molecular weight excluding hydrogens is 1370 g/mol. The van der Waals surface area contributed by atoms with Crippen molar-refractivity contribution in [3.63, 3.8) is 0 Å². The Morgan fingerprint density at radius 1 is 0.339 bits per heavy atom. The second-order valence-corrected chi connectivity index (χ2v) is 28.0. The summed E-state index contributed by atoms with van der Waals surface area (Å²) in [6.45, 7) is 2.09. The Kier molecular flexibility index (Phi) is 25.2. The van der Waals surface area contributed by atoms with Crippen LogP contribution in [0.25, 0.3) is 32.7 Å². The van der Waals surface area contributed by atoms with Crippen molar-refractivity contribution in [2.24, 2.45) is 34.4 Å². The fourth-order valence-corrected chi connectivity index (χ4v) is 13.8. The number of hydrogen-bond donors (Lipinski definition) is 12. The number of nitrogens with two attached hydrogens (primary N) is 6. The van der Waals surface area contributed by atoms with E-state index in [-0.39, 0.29) is 38.5 Å². The molecule has 0 radical (unpaired) electrons. The van der Waals surface area contributed by atoms with Crippen LogP contribution < -0.4 is 64.6 Å². The summed E-state index contributed by atoms with van der Waals surface area (Å²) < 4.78 is 18.4. The highest BCUT2D eigenvalue weighted by molar-refractivity contribution is 6.18. The molecule has 109 heavy (non-hydrogen) atoms. The van der Waals surface area contributed by atoms with E-state index in [1.165, 1.54) is 0 Å². The number of nitrogens with one attached hydrogen (secondary N) is 6. The van der Waals surface area contributed by atoms with Crippen molar-refractivity contribution in [3.8, 4) is 17.2 Å². The Morgan fingerprint density at radius 3 is 0.862 bits per heavy atom. The highest BCUT2D eigenvalue weighted by Gasteiger charge is 2.44. The lowest BCUT2D eigenvalue weighted by Gasteiger charge is -2.28. The Morgan fingerprint density at radius 2 is 0.606 bits per heavy atom. The molecule has 0 unspecified atom stereocenters. The summed E-state index contributed by atoms with van der Waals surface area (Å²) in [7, 11) is 0. The van der Waals surface area contributed by atoms with Crippen LogP contribution in [-0.4, -0.2) is 86.3 Å². The first-order chi connectivity index (χ1) is 52.9. The first kappa shape index (κ1) is 76.8. The molecule has 0 aliphatic rings. The highest BCUT2D eigenvalue weighted by Crippen LogP contribution is 2.37. The van der Waals surface area contributed by atoms with Gasteiger partial charge in [-0.1, -0.05) is 127 Å². The van der Waals surface area contributed by atoms with Crippen LogP contribution in [0, 0.1) is 0 Å². The zero-order chi connectivity index (χ0) is 76.3. The van der Waals surface area contributed by atoms with E-state index in [0.29, 0.717) is 129 Å². The summed E-state index contributed by atoms with van der Waals surface area (Å²) in [4.78, 5) is 97.6. The van der Waals surface area contributed by atoms with Gasteiger partial charge in [0, 0.05) is 93.5 Å². The van der Waals surface area contributed by atoms with Crippen LogP contribution in [0.15, 0.2) is 237 Å². The summed E-state index contributed by atoms with van der Waals surface area (Å²) in [5.74, 6) is -2.16. The van der Waals surface area contributed by atoms with E-state index in [0.717, 1.165) is 66.1 Å². The molecule has 3 aromatic heterocycles. The maximum absolute atomic E-state index is 14.7. The zero-order valence-corrected chi connectivity index (χ0v) is 61.0. The van der Waals surface area contributed by atoms with Gasteiger partial charge in [0.25, 0.3) is 17.7 Å². The molecule has 21 heteroatoms. The molecule has 3 amide bonds. The number of unbranched alkanes of at least 4 members (excludes halogenated alkanes) is 3. The van der Waals surface area contributed by atoms with Gasteiger partial charge in [0.1, 0.15) is 37.1 Å². The normalized spacial score (nSPS) is 13.1. The minimum atomic E-state index is -1.95. The SMILES string of the molecule is NCCCC[C@@](N)(C(=O)Cc1c[nH]c2ccc(OCc3ccccc3)cc12)C(=O)Nc1ccc(C(c2ccc(NC(=O)[C@@](N)(CCCCN)C(=O)Cc3c[nH]c4ccc(OCc5ccccc5)cc34)cc2)c2ccc(NC(=O)[C@@](N)(CCCCN)C(=O)Cc3c[nH]c4ccc(OCc5ccccc5)cc34)cc2)cc1. The van der Waals surface area contributed by atoms with Crippen LogP contribution >= 0.6 is 0 Å². The minimum absolute atomic E-state index is 0.0413. The van der Waals surface area contributed by atoms with Gasteiger partial charge in [0.05, 0.1) is 0 Å². The Balaban J connectivity index is 0.796. The van der Waals surface area contributed by atoms with Crippen molar-refractivity contribution in [1.82, 2.24) is 15.0 Å². The van der Waals surface area contributed by atoms with Gasteiger partial charge < -0.3 is 79.5 Å². The molecule has 12 rings (SSSR count). The van der Waals surface area contributed by atoms with Crippen molar-refractivity contribution in [2.75, 3.05) is 35.6 Å². The van der Waals surface area contributed by atoms with E-state index in [1.54, 1.807) is 55.0 Å². The number of ether oxygens (including phenoxy) is 3. The lowest BCUT2D eigenvalue weighted by atomic mass is 9.83. The van der Waals surface area contributed by atoms with Crippen LogP contribution in [-0.2, 0) is 67.9 Å². The van der Waals surface area contributed by atoms with Crippen LogP contribution in [0.4, 0.5) is 17.1 Å². The Bertz CT molecular complexity index is 4600. The van der Waals surface area contributed by atoms with Crippen molar-refractivity contribution in [3.05, 3.63) is 287 Å².